The number of amides is 8. The van der Waals surface area contributed by atoms with Crippen molar-refractivity contribution in [1.29, 1.82) is 0 Å². The summed E-state index contributed by atoms with van der Waals surface area (Å²) in [6, 6.07) is 0. The molecule has 0 unspecified atom stereocenters. The van der Waals surface area contributed by atoms with Gasteiger partial charge in [0.2, 0.25) is 0 Å². The Balaban J connectivity index is 0.000000248. The van der Waals surface area contributed by atoms with Crippen molar-refractivity contribution < 1.29 is 76.9 Å². The lowest BCUT2D eigenvalue weighted by molar-refractivity contribution is -0.206. The van der Waals surface area contributed by atoms with E-state index >= 15 is 0 Å². The van der Waals surface area contributed by atoms with Gasteiger partial charge in [0.1, 0.15) is 17.9 Å². The minimum absolute atomic E-state index is 0.00773. The molecule has 4 aliphatic heterocycles. The van der Waals surface area contributed by atoms with Crippen LogP contribution in [0.2, 0.25) is 0 Å². The van der Waals surface area contributed by atoms with Crippen molar-refractivity contribution in [2.75, 3.05) is 11.5 Å². The molecule has 0 radical (unpaired) electrons. The van der Waals surface area contributed by atoms with E-state index in [-0.39, 0.29) is 73.0 Å². The number of hydrogen-bond donors (Lipinski definition) is 0. The highest BCUT2D eigenvalue weighted by Crippen LogP contribution is 2.23. The standard InChI is InChI=1S/C12H12N2O8S2.C11H10N2O8/c15-7-1-2-8(16)13(7)21-11(19)5-23-24-6-12(20)22-14-9(17)3-4-10(14)18;14-6-1-2-7(15)12(6)20-10(18)5-11(19)21-13-8(16)3-4-9(13)17/h1-6H2;1-5H2. The van der Waals surface area contributed by atoms with Crippen molar-refractivity contribution in [2.24, 2.45) is 0 Å². The van der Waals surface area contributed by atoms with E-state index in [2.05, 4.69) is 19.4 Å². The fourth-order valence-corrected chi connectivity index (χ4v) is 5.00. The lowest BCUT2D eigenvalue weighted by Crippen LogP contribution is -2.35. The number of hydrogen-bond acceptors (Lipinski definition) is 18. The molecule has 0 spiro atoms. The minimum Gasteiger partial charge on any atom is -0.330 e. The normalized spacial score (nSPS) is 18.0. The topological polar surface area (TPSA) is 255 Å². The lowest BCUT2D eigenvalue weighted by atomic mass is 10.4. The molecule has 4 fully saturated rings. The summed E-state index contributed by atoms with van der Waals surface area (Å²) in [5.74, 6) is -9.51. The number of carbonyl (C=O) groups is 12. The van der Waals surface area contributed by atoms with Crippen LogP contribution in [0.25, 0.3) is 0 Å². The monoisotopic (exact) mass is 674 g/mol. The molecular formula is C23H22N4O16S2. The molecule has 0 bridgehead atoms. The molecule has 0 aromatic carbocycles. The molecular weight excluding hydrogens is 652 g/mol. The summed E-state index contributed by atoms with van der Waals surface area (Å²) in [7, 11) is 1.88. The Labute approximate surface area is 259 Å². The smallest absolute Gasteiger partial charge is 0.330 e. The molecule has 8 amide bonds. The van der Waals surface area contributed by atoms with Crippen molar-refractivity contribution in [2.45, 2.75) is 57.8 Å². The second-order valence-corrected chi connectivity index (χ2v) is 11.3. The third kappa shape index (κ3) is 9.82. The Morgan fingerprint density at radius 3 is 0.822 bits per heavy atom. The quantitative estimate of drug-likeness (QED) is 0.101. The second kappa shape index (κ2) is 15.7. The molecule has 20 nitrogen and oxygen atoms in total. The van der Waals surface area contributed by atoms with Gasteiger partial charge in [-0.15, -0.1) is 20.3 Å². The molecule has 0 atom stereocenters. The van der Waals surface area contributed by atoms with Crippen LogP contribution in [0.5, 0.6) is 0 Å². The van der Waals surface area contributed by atoms with Crippen LogP contribution in [-0.2, 0) is 76.9 Å². The highest BCUT2D eigenvalue weighted by Gasteiger charge is 2.36. The second-order valence-electron chi connectivity index (χ2n) is 8.88. The van der Waals surface area contributed by atoms with Crippen LogP contribution in [0.3, 0.4) is 0 Å². The summed E-state index contributed by atoms with van der Waals surface area (Å²) in [6.45, 7) is 0. The summed E-state index contributed by atoms with van der Waals surface area (Å²) in [5.41, 5.74) is 0. The molecule has 45 heavy (non-hydrogen) atoms. The van der Waals surface area contributed by atoms with Crippen molar-refractivity contribution in [3.63, 3.8) is 0 Å². The Hall–Kier alpha value is -4.86. The summed E-state index contributed by atoms with van der Waals surface area (Å²) in [4.78, 5) is 154. The van der Waals surface area contributed by atoms with Crippen molar-refractivity contribution in [3.8, 4) is 0 Å². The van der Waals surface area contributed by atoms with E-state index in [1.54, 1.807) is 0 Å². The van der Waals surface area contributed by atoms with E-state index in [0.717, 1.165) is 21.6 Å². The molecule has 22 heteroatoms. The van der Waals surface area contributed by atoms with Crippen LogP contribution in [0, 0.1) is 0 Å². The van der Waals surface area contributed by atoms with Gasteiger partial charge in [0, 0.05) is 51.4 Å². The third-order valence-electron chi connectivity index (χ3n) is 5.52. The predicted molar refractivity (Wildman–Crippen MR) is 138 cm³/mol. The summed E-state index contributed by atoms with van der Waals surface area (Å²) in [6.07, 6.45) is -1.22. The predicted octanol–water partition coefficient (Wildman–Crippen LogP) is -1.83. The Morgan fingerprint density at radius 2 is 0.600 bits per heavy atom. The number of imide groups is 4. The van der Waals surface area contributed by atoms with E-state index < -0.39 is 77.6 Å². The molecule has 4 aliphatic rings. The maximum Gasteiger partial charge on any atom is 0.344 e. The van der Waals surface area contributed by atoms with Gasteiger partial charge in [0.25, 0.3) is 47.3 Å². The fourth-order valence-electron chi connectivity index (χ4n) is 3.45. The average molecular weight is 675 g/mol. The Kier molecular flexibility index (Phi) is 12.1. The maximum atomic E-state index is 11.5. The van der Waals surface area contributed by atoms with Crippen molar-refractivity contribution >= 4 is 92.7 Å². The number of nitrogens with zero attached hydrogens (tertiary/aromatic N) is 4. The minimum atomic E-state index is -1.21. The summed E-state index contributed by atoms with van der Waals surface area (Å²) >= 11 is 0. The number of hydroxylamine groups is 8. The molecule has 4 saturated heterocycles. The fraction of sp³-hybridized carbons (Fsp3) is 0.478. The zero-order chi connectivity index (χ0) is 33.3. The number of rotatable bonds is 11. The lowest BCUT2D eigenvalue weighted by Gasteiger charge is -2.14. The maximum absolute atomic E-state index is 11.5. The molecule has 0 N–H and O–H groups in total. The van der Waals surface area contributed by atoms with Crippen LogP contribution in [0.4, 0.5) is 0 Å². The van der Waals surface area contributed by atoms with Gasteiger partial charge >= 0.3 is 23.9 Å². The van der Waals surface area contributed by atoms with Crippen LogP contribution in [-0.4, -0.2) is 103 Å². The summed E-state index contributed by atoms with van der Waals surface area (Å²) < 4.78 is 0. The molecule has 0 aromatic rings. The first-order valence-electron chi connectivity index (χ1n) is 12.8. The average Bonchev–Trinajstić information content (AvgIpc) is 3.68. The van der Waals surface area contributed by atoms with Crippen LogP contribution >= 0.6 is 21.6 Å². The van der Waals surface area contributed by atoms with Gasteiger partial charge in [-0.3, -0.25) is 38.4 Å². The van der Waals surface area contributed by atoms with Gasteiger partial charge in [-0.2, -0.15) is 0 Å². The van der Waals surface area contributed by atoms with E-state index in [0.29, 0.717) is 10.1 Å². The van der Waals surface area contributed by atoms with Gasteiger partial charge in [0.15, 0.2) is 0 Å². The summed E-state index contributed by atoms with van der Waals surface area (Å²) in [5, 5.41) is 1.43. The van der Waals surface area contributed by atoms with Crippen LogP contribution in [0.1, 0.15) is 57.8 Å². The molecule has 242 valence electrons. The van der Waals surface area contributed by atoms with E-state index in [1.807, 2.05) is 0 Å². The Bertz CT molecular complexity index is 1200. The zero-order valence-corrected chi connectivity index (χ0v) is 24.5. The molecule has 0 aromatic heterocycles. The van der Waals surface area contributed by atoms with Crippen LogP contribution < -0.4 is 0 Å². The van der Waals surface area contributed by atoms with Gasteiger partial charge < -0.3 is 19.4 Å². The van der Waals surface area contributed by atoms with Gasteiger partial charge in [-0.25, -0.2) is 19.2 Å². The van der Waals surface area contributed by atoms with E-state index in [9.17, 15) is 57.5 Å². The zero-order valence-electron chi connectivity index (χ0n) is 22.9. The first kappa shape index (κ1) is 34.6. The molecule has 4 heterocycles. The largest absolute Gasteiger partial charge is 0.344 e. The highest BCUT2D eigenvalue weighted by molar-refractivity contribution is 8.77. The Morgan fingerprint density at radius 1 is 0.400 bits per heavy atom. The van der Waals surface area contributed by atoms with Gasteiger partial charge in [-0.05, 0) is 0 Å². The molecule has 0 saturated carbocycles. The van der Waals surface area contributed by atoms with Crippen molar-refractivity contribution in [1.82, 2.24) is 20.3 Å². The first-order valence-corrected chi connectivity index (χ1v) is 15.3. The SMILES string of the molecule is O=C(CC(=O)ON1C(=O)CCC1=O)ON1C(=O)CCC1=O.O=C(CSSCC(=O)ON1C(=O)CCC1=O)ON1C(=O)CCC1=O. The number of carbonyl (C=O) groups excluding carboxylic acids is 12. The van der Waals surface area contributed by atoms with Gasteiger partial charge in [-0.1, -0.05) is 21.6 Å². The van der Waals surface area contributed by atoms with Gasteiger partial charge in [0.05, 0.1) is 0 Å². The van der Waals surface area contributed by atoms with Crippen LogP contribution in [0.15, 0.2) is 0 Å². The molecule has 0 aliphatic carbocycles. The first-order chi connectivity index (χ1) is 21.3. The van der Waals surface area contributed by atoms with E-state index in [4.69, 9.17) is 0 Å². The van der Waals surface area contributed by atoms with E-state index in [1.165, 1.54) is 0 Å². The third-order valence-corrected chi connectivity index (χ3v) is 7.60. The molecule has 4 rings (SSSR count). The van der Waals surface area contributed by atoms with Crippen molar-refractivity contribution in [3.05, 3.63) is 0 Å². The highest BCUT2D eigenvalue weighted by atomic mass is 33.1.